The first-order valence-corrected chi connectivity index (χ1v) is 9.57. The van der Waals surface area contributed by atoms with E-state index in [-0.39, 0.29) is 15.4 Å². The number of thiophene rings is 1. The molecule has 29 heavy (non-hydrogen) atoms. The predicted molar refractivity (Wildman–Crippen MR) is 107 cm³/mol. The van der Waals surface area contributed by atoms with E-state index in [0.717, 1.165) is 17.4 Å². The lowest BCUT2D eigenvalue weighted by Gasteiger charge is -2.06. The Kier molecular flexibility index (Phi) is 7.74. The summed E-state index contributed by atoms with van der Waals surface area (Å²) in [6, 6.07) is 3.29. The highest BCUT2D eigenvalue weighted by molar-refractivity contribution is 9.10. The van der Waals surface area contributed by atoms with Gasteiger partial charge in [0.15, 0.2) is 11.3 Å². The Balaban J connectivity index is 2.04. The molecule has 0 atom stereocenters. The van der Waals surface area contributed by atoms with Crippen molar-refractivity contribution in [1.29, 1.82) is 0 Å². The summed E-state index contributed by atoms with van der Waals surface area (Å²) in [5, 5.41) is 2.53. The Morgan fingerprint density at radius 2 is 1.86 bits per heavy atom. The van der Waals surface area contributed by atoms with Crippen molar-refractivity contribution in [2.75, 3.05) is 26.1 Å². The first-order chi connectivity index (χ1) is 13.8. The van der Waals surface area contributed by atoms with Gasteiger partial charge in [0.2, 0.25) is 0 Å². The summed E-state index contributed by atoms with van der Waals surface area (Å²) < 4.78 is 19.9. The van der Waals surface area contributed by atoms with Crippen LogP contribution in [0.1, 0.15) is 31.4 Å². The van der Waals surface area contributed by atoms with Crippen LogP contribution in [-0.4, -0.2) is 44.6 Å². The van der Waals surface area contributed by atoms with Crippen LogP contribution < -0.4 is 5.32 Å². The monoisotopic (exact) mass is 485 g/mol. The third kappa shape index (κ3) is 5.78. The molecule has 9 nitrogen and oxygen atoms in total. The zero-order valence-electron chi connectivity index (χ0n) is 15.6. The fraction of sp³-hybridized carbons (Fsp3) is 0.222. The van der Waals surface area contributed by atoms with Crippen LogP contribution in [0.25, 0.3) is 6.08 Å². The lowest BCUT2D eigenvalue weighted by Crippen LogP contribution is -2.21. The van der Waals surface area contributed by atoms with E-state index in [9.17, 15) is 19.2 Å². The number of methoxy groups -OCH3 is 2. The zero-order chi connectivity index (χ0) is 21.6. The molecule has 2 aromatic rings. The van der Waals surface area contributed by atoms with Crippen LogP contribution >= 0.6 is 27.3 Å². The Bertz CT molecular complexity index is 975. The number of ether oxygens (including phenoxy) is 3. The molecule has 11 heteroatoms. The fourth-order valence-electron chi connectivity index (χ4n) is 2.15. The fourth-order valence-corrected chi connectivity index (χ4v) is 3.60. The third-order valence-corrected chi connectivity index (χ3v) is 5.10. The molecule has 0 fully saturated rings. The van der Waals surface area contributed by atoms with Gasteiger partial charge in [-0.05, 0) is 46.6 Å². The molecule has 2 aromatic heterocycles. The van der Waals surface area contributed by atoms with Gasteiger partial charge in [0, 0.05) is 6.08 Å². The normalized spacial score (nSPS) is 10.6. The molecule has 0 saturated carbocycles. The van der Waals surface area contributed by atoms with E-state index in [2.05, 4.69) is 26.0 Å². The average molecular weight is 486 g/mol. The SMILES string of the molecule is COC(=O)c1sc(NC(=O)COC(=O)C=Cc2ccc(Br)o2)c(C(=O)OC)c1C. The maximum Gasteiger partial charge on any atom is 0.348 e. The molecule has 0 aromatic carbocycles. The number of carbonyl (C=O) groups excluding carboxylic acids is 4. The summed E-state index contributed by atoms with van der Waals surface area (Å²) in [7, 11) is 2.38. The standard InChI is InChI=1S/C18H16BrNO8S/c1-9-14(17(23)25-2)16(29-15(9)18(24)26-3)20-12(21)8-27-13(22)7-5-10-4-6-11(19)28-10/h4-7H,8H2,1-3H3,(H,20,21). The molecule has 0 aliphatic rings. The van der Waals surface area contributed by atoms with Crippen LogP contribution in [0.3, 0.4) is 0 Å². The number of nitrogens with one attached hydrogen (secondary N) is 1. The number of halogens is 1. The van der Waals surface area contributed by atoms with Crippen LogP contribution in [-0.2, 0) is 23.8 Å². The van der Waals surface area contributed by atoms with Gasteiger partial charge in [0.1, 0.15) is 15.6 Å². The highest BCUT2D eigenvalue weighted by Crippen LogP contribution is 2.34. The lowest BCUT2D eigenvalue weighted by molar-refractivity contribution is -0.142. The summed E-state index contributed by atoms with van der Waals surface area (Å²) in [5.74, 6) is -2.42. The number of esters is 3. The van der Waals surface area contributed by atoms with Crippen molar-refractivity contribution in [3.05, 3.63) is 44.6 Å². The Morgan fingerprint density at radius 1 is 1.17 bits per heavy atom. The van der Waals surface area contributed by atoms with Crippen molar-refractivity contribution < 1.29 is 37.8 Å². The second-order valence-electron chi connectivity index (χ2n) is 5.37. The summed E-state index contributed by atoms with van der Waals surface area (Å²) in [6.07, 6.45) is 2.48. The summed E-state index contributed by atoms with van der Waals surface area (Å²) in [4.78, 5) is 47.8. The van der Waals surface area contributed by atoms with Crippen molar-refractivity contribution in [3.8, 4) is 0 Å². The Hall–Kier alpha value is -2.92. The number of hydrogen-bond acceptors (Lipinski definition) is 9. The highest BCUT2D eigenvalue weighted by Gasteiger charge is 2.26. The highest BCUT2D eigenvalue weighted by atomic mass is 79.9. The quantitative estimate of drug-likeness (QED) is 0.360. The molecule has 0 radical (unpaired) electrons. The van der Waals surface area contributed by atoms with Crippen molar-refractivity contribution in [1.82, 2.24) is 0 Å². The second kappa shape index (κ2) is 10.0. The largest absolute Gasteiger partial charge is 0.465 e. The Labute approximate surface area is 177 Å². The van der Waals surface area contributed by atoms with E-state index in [1.54, 1.807) is 12.1 Å². The van der Waals surface area contributed by atoms with Gasteiger partial charge in [-0.25, -0.2) is 14.4 Å². The molecule has 0 spiro atoms. The van der Waals surface area contributed by atoms with Gasteiger partial charge in [-0.1, -0.05) is 0 Å². The maximum absolute atomic E-state index is 12.1. The van der Waals surface area contributed by atoms with Crippen LogP contribution in [0, 0.1) is 6.92 Å². The van der Waals surface area contributed by atoms with Gasteiger partial charge in [-0.2, -0.15) is 0 Å². The molecule has 1 amide bonds. The van der Waals surface area contributed by atoms with E-state index in [1.807, 2.05) is 0 Å². The van der Waals surface area contributed by atoms with E-state index >= 15 is 0 Å². The first kappa shape index (κ1) is 22.4. The van der Waals surface area contributed by atoms with Crippen molar-refractivity contribution in [2.24, 2.45) is 0 Å². The zero-order valence-corrected chi connectivity index (χ0v) is 18.0. The van der Waals surface area contributed by atoms with Crippen LogP contribution in [0.2, 0.25) is 0 Å². The van der Waals surface area contributed by atoms with E-state index in [4.69, 9.17) is 13.9 Å². The third-order valence-electron chi connectivity index (χ3n) is 3.48. The molecule has 0 aliphatic carbocycles. The smallest absolute Gasteiger partial charge is 0.348 e. The van der Waals surface area contributed by atoms with E-state index in [0.29, 0.717) is 16.0 Å². The molecule has 154 valence electrons. The van der Waals surface area contributed by atoms with Gasteiger partial charge in [0.25, 0.3) is 5.91 Å². The van der Waals surface area contributed by atoms with Gasteiger partial charge in [0.05, 0.1) is 19.8 Å². The molecule has 2 heterocycles. The molecule has 1 N–H and O–H groups in total. The number of furan rings is 1. The van der Waals surface area contributed by atoms with Crippen molar-refractivity contribution in [2.45, 2.75) is 6.92 Å². The minimum absolute atomic E-state index is 0.0286. The Morgan fingerprint density at radius 3 is 2.45 bits per heavy atom. The number of anilines is 1. The minimum atomic E-state index is -0.765. The van der Waals surface area contributed by atoms with E-state index < -0.39 is 30.4 Å². The van der Waals surface area contributed by atoms with Gasteiger partial charge >= 0.3 is 17.9 Å². The lowest BCUT2D eigenvalue weighted by atomic mass is 10.1. The number of rotatable bonds is 7. The van der Waals surface area contributed by atoms with Crippen LogP contribution in [0.4, 0.5) is 5.00 Å². The van der Waals surface area contributed by atoms with Crippen LogP contribution in [0.15, 0.2) is 27.3 Å². The maximum atomic E-state index is 12.1. The molecule has 0 saturated heterocycles. The molecule has 0 aliphatic heterocycles. The summed E-state index contributed by atoms with van der Waals surface area (Å²) in [6.45, 7) is 0.929. The molecule has 0 bridgehead atoms. The number of hydrogen-bond donors (Lipinski definition) is 1. The molecule has 2 rings (SSSR count). The summed E-state index contributed by atoms with van der Waals surface area (Å²) >= 11 is 3.99. The topological polar surface area (TPSA) is 121 Å². The van der Waals surface area contributed by atoms with Crippen LogP contribution in [0.5, 0.6) is 0 Å². The minimum Gasteiger partial charge on any atom is -0.465 e. The number of amides is 1. The van der Waals surface area contributed by atoms with Crippen molar-refractivity contribution >= 4 is 62.2 Å². The number of carbonyl (C=O) groups is 4. The van der Waals surface area contributed by atoms with Gasteiger partial charge in [-0.15, -0.1) is 11.3 Å². The van der Waals surface area contributed by atoms with E-state index in [1.165, 1.54) is 27.2 Å². The summed E-state index contributed by atoms with van der Waals surface area (Å²) in [5.41, 5.74) is 0.342. The first-order valence-electron chi connectivity index (χ1n) is 7.96. The van der Waals surface area contributed by atoms with Gasteiger partial charge in [-0.3, -0.25) is 4.79 Å². The second-order valence-corrected chi connectivity index (χ2v) is 7.18. The van der Waals surface area contributed by atoms with Gasteiger partial charge < -0.3 is 23.9 Å². The molecular weight excluding hydrogens is 470 g/mol. The predicted octanol–water partition coefficient (Wildman–Crippen LogP) is 3.18. The molecule has 0 unspecified atom stereocenters. The average Bonchev–Trinajstić information content (AvgIpc) is 3.26. The molecular formula is C18H16BrNO8S. The van der Waals surface area contributed by atoms with Crippen molar-refractivity contribution in [3.63, 3.8) is 0 Å².